The number of nitrogens with zero attached hydrogens (tertiary/aromatic N) is 3. The normalized spacial score (nSPS) is 17.7. The van der Waals surface area contributed by atoms with Crippen LogP contribution in [-0.2, 0) is 0 Å². The Balaban J connectivity index is 1.93. The van der Waals surface area contributed by atoms with Crippen molar-refractivity contribution in [1.82, 2.24) is 14.7 Å². The van der Waals surface area contributed by atoms with Crippen molar-refractivity contribution in [2.24, 2.45) is 5.92 Å². The third-order valence-corrected chi connectivity index (χ3v) is 4.45. The van der Waals surface area contributed by atoms with Crippen molar-refractivity contribution in [3.8, 4) is 11.4 Å². The van der Waals surface area contributed by atoms with E-state index < -0.39 is 0 Å². The van der Waals surface area contributed by atoms with Crippen LogP contribution < -0.4 is 4.74 Å². The summed E-state index contributed by atoms with van der Waals surface area (Å²) in [6, 6.07) is 10.0. The summed E-state index contributed by atoms with van der Waals surface area (Å²) in [7, 11) is 1.58. The van der Waals surface area contributed by atoms with Crippen molar-refractivity contribution in [2.45, 2.75) is 32.7 Å². The van der Waals surface area contributed by atoms with Crippen LogP contribution in [0.4, 0.5) is 0 Å². The summed E-state index contributed by atoms with van der Waals surface area (Å²) in [5, 5.41) is 4.49. The molecular weight excluding hydrogens is 290 g/mol. The van der Waals surface area contributed by atoms with Crippen LogP contribution in [0.15, 0.2) is 36.5 Å². The second-order valence-corrected chi connectivity index (χ2v) is 6.28. The quantitative estimate of drug-likeness (QED) is 0.871. The average Bonchev–Trinajstić information content (AvgIpc) is 3.22. The summed E-state index contributed by atoms with van der Waals surface area (Å²) in [5.74, 6) is 0.935. The van der Waals surface area contributed by atoms with Gasteiger partial charge in [-0.2, -0.15) is 5.10 Å². The zero-order valence-corrected chi connectivity index (χ0v) is 13.9. The molecule has 1 aliphatic heterocycles. The number of ether oxygens (including phenoxy) is 1. The first-order chi connectivity index (χ1) is 11.1. The third kappa shape index (κ3) is 2.96. The summed E-state index contributed by atoms with van der Waals surface area (Å²) < 4.78 is 7.09. The molecule has 1 atom stereocenters. The van der Waals surface area contributed by atoms with E-state index in [4.69, 9.17) is 4.74 Å². The number of rotatable bonds is 4. The molecule has 0 aliphatic carbocycles. The largest absolute Gasteiger partial charge is 0.493 e. The molecule has 1 aromatic heterocycles. The lowest BCUT2D eigenvalue weighted by Crippen LogP contribution is -2.38. The van der Waals surface area contributed by atoms with E-state index in [1.807, 2.05) is 35.2 Å². The van der Waals surface area contributed by atoms with Gasteiger partial charge in [-0.15, -0.1) is 0 Å². The topological polar surface area (TPSA) is 47.4 Å². The molecule has 0 bridgehead atoms. The summed E-state index contributed by atoms with van der Waals surface area (Å²) in [6.07, 6.45) is 3.88. The van der Waals surface area contributed by atoms with Crippen molar-refractivity contribution >= 4 is 5.91 Å². The zero-order valence-electron chi connectivity index (χ0n) is 13.9. The van der Waals surface area contributed by atoms with Crippen molar-refractivity contribution in [3.05, 3.63) is 42.2 Å². The molecule has 1 aliphatic rings. The molecule has 2 heterocycles. The van der Waals surface area contributed by atoms with Crippen LogP contribution in [0.5, 0.6) is 5.75 Å². The van der Waals surface area contributed by atoms with Crippen LogP contribution >= 0.6 is 0 Å². The Morgan fingerprint density at radius 2 is 2.04 bits per heavy atom. The van der Waals surface area contributed by atoms with Crippen LogP contribution in [0.1, 0.15) is 37.2 Å². The number of methoxy groups -OCH3 is 1. The molecule has 0 radical (unpaired) electrons. The van der Waals surface area contributed by atoms with Crippen LogP contribution in [0, 0.1) is 5.92 Å². The van der Waals surface area contributed by atoms with E-state index in [0.29, 0.717) is 17.4 Å². The fourth-order valence-corrected chi connectivity index (χ4v) is 3.24. The lowest BCUT2D eigenvalue weighted by atomic mass is 10.0. The monoisotopic (exact) mass is 313 g/mol. The molecule has 23 heavy (non-hydrogen) atoms. The van der Waals surface area contributed by atoms with E-state index >= 15 is 0 Å². The molecule has 3 rings (SSSR count). The zero-order chi connectivity index (χ0) is 16.4. The maximum atomic E-state index is 13.0. The van der Waals surface area contributed by atoms with Crippen LogP contribution in [0.2, 0.25) is 0 Å². The maximum Gasteiger partial charge on any atom is 0.278 e. The number of carbonyl (C=O) groups excluding carboxylic acids is 1. The number of hydrogen-bond acceptors (Lipinski definition) is 3. The Kier molecular flexibility index (Phi) is 4.37. The van der Waals surface area contributed by atoms with Crippen molar-refractivity contribution in [3.63, 3.8) is 0 Å². The van der Waals surface area contributed by atoms with Crippen LogP contribution in [-0.4, -0.2) is 40.3 Å². The molecule has 1 aromatic carbocycles. The minimum Gasteiger partial charge on any atom is -0.493 e. The first-order valence-electron chi connectivity index (χ1n) is 8.12. The first kappa shape index (κ1) is 15.6. The molecule has 0 spiro atoms. The second kappa shape index (κ2) is 6.44. The van der Waals surface area contributed by atoms with E-state index in [1.165, 1.54) is 0 Å². The third-order valence-electron chi connectivity index (χ3n) is 4.45. The van der Waals surface area contributed by atoms with Gasteiger partial charge in [0.05, 0.1) is 19.0 Å². The van der Waals surface area contributed by atoms with E-state index in [0.717, 1.165) is 25.1 Å². The van der Waals surface area contributed by atoms with Crippen molar-refractivity contribution in [2.75, 3.05) is 13.7 Å². The highest BCUT2D eigenvalue weighted by Crippen LogP contribution is 2.28. The van der Waals surface area contributed by atoms with Crippen LogP contribution in [0.3, 0.4) is 0 Å². The minimum atomic E-state index is -0.0345. The highest BCUT2D eigenvalue weighted by Gasteiger charge is 2.34. The van der Waals surface area contributed by atoms with Gasteiger partial charge in [0.25, 0.3) is 5.91 Å². The Labute approximate surface area is 136 Å². The van der Waals surface area contributed by atoms with Gasteiger partial charge >= 0.3 is 0 Å². The molecule has 0 N–H and O–H groups in total. The summed E-state index contributed by atoms with van der Waals surface area (Å²) in [6.45, 7) is 5.12. The number of para-hydroxylation sites is 1. The molecular formula is C18H23N3O2. The number of hydrogen-bond donors (Lipinski definition) is 0. The molecule has 1 saturated heterocycles. The second-order valence-electron chi connectivity index (χ2n) is 6.28. The van der Waals surface area contributed by atoms with Gasteiger partial charge in [0.1, 0.15) is 0 Å². The maximum absolute atomic E-state index is 13.0. The van der Waals surface area contributed by atoms with E-state index in [2.05, 4.69) is 18.9 Å². The summed E-state index contributed by atoms with van der Waals surface area (Å²) in [5.41, 5.74) is 1.30. The molecule has 0 unspecified atom stereocenters. The number of aromatic nitrogens is 2. The number of amides is 1. The van der Waals surface area contributed by atoms with Crippen molar-refractivity contribution < 1.29 is 9.53 Å². The van der Waals surface area contributed by atoms with E-state index in [-0.39, 0.29) is 11.9 Å². The minimum absolute atomic E-state index is 0.0345. The van der Waals surface area contributed by atoms with Gasteiger partial charge in [-0.1, -0.05) is 32.0 Å². The lowest BCUT2D eigenvalue weighted by molar-refractivity contribution is 0.0691. The standard InChI is InChI=1S/C18H23N3O2/c1-13(2)15-10-7-11-20(15)18(22)17-16(23-3)12-21(19-17)14-8-5-4-6-9-14/h4-6,8-9,12-13,15H,7,10-11H2,1-3H3/t15-/m1/s1. The Bertz CT molecular complexity index is 679. The van der Waals surface area contributed by atoms with Gasteiger partial charge in [0.15, 0.2) is 11.4 Å². The predicted octanol–water partition coefficient (Wildman–Crippen LogP) is 3.14. The predicted molar refractivity (Wildman–Crippen MR) is 89.0 cm³/mol. The Morgan fingerprint density at radius 1 is 1.30 bits per heavy atom. The van der Waals surface area contributed by atoms with Gasteiger partial charge in [-0.05, 0) is 30.9 Å². The number of carbonyl (C=O) groups is 1. The van der Waals surface area contributed by atoms with Gasteiger partial charge < -0.3 is 9.64 Å². The van der Waals surface area contributed by atoms with Crippen molar-refractivity contribution in [1.29, 1.82) is 0 Å². The highest BCUT2D eigenvalue weighted by atomic mass is 16.5. The molecule has 5 nitrogen and oxygen atoms in total. The molecule has 5 heteroatoms. The SMILES string of the molecule is COc1cn(-c2ccccc2)nc1C(=O)N1CCC[C@@H]1C(C)C. The fourth-order valence-electron chi connectivity index (χ4n) is 3.24. The fraction of sp³-hybridized carbons (Fsp3) is 0.444. The van der Waals surface area contributed by atoms with E-state index in [1.54, 1.807) is 18.0 Å². The van der Waals surface area contributed by atoms with E-state index in [9.17, 15) is 4.79 Å². The van der Waals surface area contributed by atoms with Gasteiger partial charge in [0.2, 0.25) is 0 Å². The highest BCUT2D eigenvalue weighted by molar-refractivity contribution is 5.95. The number of likely N-dealkylation sites (tertiary alicyclic amines) is 1. The average molecular weight is 313 g/mol. The van der Waals surface area contributed by atoms with Gasteiger partial charge in [-0.3, -0.25) is 4.79 Å². The number of benzene rings is 1. The smallest absolute Gasteiger partial charge is 0.278 e. The lowest BCUT2D eigenvalue weighted by Gasteiger charge is -2.27. The molecule has 122 valence electrons. The molecule has 2 aromatic rings. The Morgan fingerprint density at radius 3 is 2.70 bits per heavy atom. The van der Waals surface area contributed by atoms with Gasteiger partial charge in [-0.25, -0.2) is 4.68 Å². The van der Waals surface area contributed by atoms with Gasteiger partial charge in [0, 0.05) is 12.6 Å². The molecule has 1 fully saturated rings. The summed E-state index contributed by atoms with van der Waals surface area (Å²) >= 11 is 0. The Hall–Kier alpha value is -2.30. The van der Waals surface area contributed by atoms with Crippen LogP contribution in [0.25, 0.3) is 5.69 Å². The molecule has 0 saturated carbocycles. The summed E-state index contributed by atoms with van der Waals surface area (Å²) in [4.78, 5) is 14.9. The molecule has 1 amide bonds. The first-order valence-corrected chi connectivity index (χ1v) is 8.12.